The molecule has 1 saturated heterocycles. The molecule has 0 atom stereocenters. The maximum Gasteiger partial charge on any atom is 0.236 e. The lowest BCUT2D eigenvalue weighted by Gasteiger charge is -2.28. The Morgan fingerprint density at radius 1 is 1.26 bits per heavy atom. The summed E-state index contributed by atoms with van der Waals surface area (Å²) < 4.78 is 22.8. The van der Waals surface area contributed by atoms with Crippen LogP contribution in [0.3, 0.4) is 0 Å². The Labute approximate surface area is 142 Å². The number of carbonyl (C=O) groups is 1. The third-order valence-corrected chi connectivity index (χ3v) is 6.41. The van der Waals surface area contributed by atoms with E-state index in [0.717, 1.165) is 13.1 Å². The molecular formula is C15H25N3O3S2. The zero-order valence-corrected chi connectivity index (χ0v) is 15.4. The molecule has 0 aliphatic carbocycles. The van der Waals surface area contributed by atoms with Crippen LogP contribution in [0.25, 0.3) is 0 Å². The van der Waals surface area contributed by atoms with E-state index >= 15 is 0 Å². The van der Waals surface area contributed by atoms with Crippen LogP contribution in [0.15, 0.2) is 16.8 Å². The standard InChI is InChI=1S/C15H25N3O3S2/c1-16(11-14-3-8-22-13-14)4-5-17(2)15(19)12-18-6-9-23(20,21)10-7-18/h3,8,13H,4-7,9-12H2,1-2H3. The van der Waals surface area contributed by atoms with Gasteiger partial charge in [-0.2, -0.15) is 11.3 Å². The van der Waals surface area contributed by atoms with Crippen molar-refractivity contribution in [2.75, 3.05) is 58.3 Å². The molecular weight excluding hydrogens is 334 g/mol. The van der Waals surface area contributed by atoms with Gasteiger partial charge >= 0.3 is 0 Å². The molecule has 1 aromatic heterocycles. The summed E-state index contributed by atoms with van der Waals surface area (Å²) in [5, 5.41) is 4.20. The van der Waals surface area contributed by atoms with Gasteiger partial charge in [0.05, 0.1) is 18.1 Å². The van der Waals surface area contributed by atoms with Crippen molar-refractivity contribution in [3.63, 3.8) is 0 Å². The molecule has 2 rings (SSSR count). The van der Waals surface area contributed by atoms with E-state index in [9.17, 15) is 13.2 Å². The van der Waals surface area contributed by atoms with Gasteiger partial charge in [0.15, 0.2) is 9.84 Å². The molecule has 0 N–H and O–H groups in total. The van der Waals surface area contributed by atoms with E-state index in [4.69, 9.17) is 0 Å². The zero-order chi connectivity index (χ0) is 16.9. The Kier molecular flexibility index (Phi) is 6.58. The van der Waals surface area contributed by atoms with Crippen molar-refractivity contribution < 1.29 is 13.2 Å². The van der Waals surface area contributed by atoms with Gasteiger partial charge < -0.3 is 9.80 Å². The second-order valence-corrected chi connectivity index (χ2v) is 9.20. The van der Waals surface area contributed by atoms with Gasteiger partial charge in [0.25, 0.3) is 0 Å². The van der Waals surface area contributed by atoms with Gasteiger partial charge in [-0.05, 0) is 29.4 Å². The van der Waals surface area contributed by atoms with E-state index in [0.29, 0.717) is 26.2 Å². The Morgan fingerprint density at radius 2 is 1.96 bits per heavy atom. The van der Waals surface area contributed by atoms with Crippen molar-refractivity contribution in [2.24, 2.45) is 0 Å². The first kappa shape index (κ1) is 18.4. The normalized spacial score (nSPS) is 18.2. The first-order valence-corrected chi connectivity index (χ1v) is 10.5. The predicted molar refractivity (Wildman–Crippen MR) is 93.4 cm³/mol. The van der Waals surface area contributed by atoms with Gasteiger partial charge in [0.1, 0.15) is 0 Å². The van der Waals surface area contributed by atoms with E-state index in [-0.39, 0.29) is 17.4 Å². The molecule has 0 radical (unpaired) electrons. The lowest BCUT2D eigenvalue weighted by Crippen LogP contribution is -2.46. The van der Waals surface area contributed by atoms with Crippen molar-refractivity contribution in [3.8, 4) is 0 Å². The molecule has 23 heavy (non-hydrogen) atoms. The minimum Gasteiger partial charge on any atom is -0.343 e. The van der Waals surface area contributed by atoms with Crippen molar-refractivity contribution >= 4 is 27.1 Å². The minimum atomic E-state index is -2.89. The van der Waals surface area contributed by atoms with E-state index in [1.165, 1.54) is 5.56 Å². The summed E-state index contributed by atoms with van der Waals surface area (Å²) in [6.07, 6.45) is 0. The SMILES string of the molecule is CN(CCN(C)C(=O)CN1CCS(=O)(=O)CC1)Cc1ccsc1. The quantitative estimate of drug-likeness (QED) is 0.704. The number of sulfone groups is 1. The first-order valence-electron chi connectivity index (χ1n) is 7.72. The number of likely N-dealkylation sites (N-methyl/N-ethyl adjacent to an activating group) is 2. The number of rotatable bonds is 7. The third kappa shape index (κ3) is 6.21. The van der Waals surface area contributed by atoms with Crippen LogP contribution >= 0.6 is 11.3 Å². The summed E-state index contributed by atoms with van der Waals surface area (Å²) in [7, 11) is 0.964. The Balaban J connectivity index is 1.68. The molecule has 0 spiro atoms. The van der Waals surface area contributed by atoms with Gasteiger partial charge in [0, 0.05) is 39.8 Å². The van der Waals surface area contributed by atoms with E-state index < -0.39 is 9.84 Å². The van der Waals surface area contributed by atoms with Gasteiger partial charge in [-0.1, -0.05) is 0 Å². The third-order valence-electron chi connectivity index (χ3n) is 4.07. The van der Waals surface area contributed by atoms with Gasteiger partial charge in [0.2, 0.25) is 5.91 Å². The molecule has 0 aromatic carbocycles. The maximum atomic E-state index is 12.2. The van der Waals surface area contributed by atoms with Crippen molar-refractivity contribution in [1.29, 1.82) is 0 Å². The molecule has 2 heterocycles. The fourth-order valence-electron chi connectivity index (χ4n) is 2.44. The van der Waals surface area contributed by atoms with Crippen LogP contribution in [-0.4, -0.2) is 87.3 Å². The Morgan fingerprint density at radius 3 is 2.57 bits per heavy atom. The van der Waals surface area contributed by atoms with Crippen LogP contribution in [0, 0.1) is 0 Å². The molecule has 1 amide bonds. The van der Waals surface area contributed by atoms with Gasteiger partial charge in [-0.25, -0.2) is 8.42 Å². The largest absolute Gasteiger partial charge is 0.343 e. The molecule has 6 nitrogen and oxygen atoms in total. The van der Waals surface area contributed by atoms with Crippen molar-refractivity contribution in [1.82, 2.24) is 14.7 Å². The van der Waals surface area contributed by atoms with Crippen LogP contribution in [0.2, 0.25) is 0 Å². The topological polar surface area (TPSA) is 60.9 Å². The molecule has 1 aromatic rings. The Hall–Kier alpha value is -0.960. The lowest BCUT2D eigenvalue weighted by atomic mass is 10.3. The number of amides is 1. The average molecular weight is 360 g/mol. The van der Waals surface area contributed by atoms with E-state index in [1.54, 1.807) is 23.3 Å². The molecule has 1 fully saturated rings. The van der Waals surface area contributed by atoms with Gasteiger partial charge in [-0.15, -0.1) is 0 Å². The molecule has 0 saturated carbocycles. The summed E-state index contributed by atoms with van der Waals surface area (Å²) in [4.78, 5) is 18.1. The first-order chi connectivity index (χ1) is 10.9. The summed E-state index contributed by atoms with van der Waals surface area (Å²) in [6, 6.07) is 2.11. The Bertz CT molecular complexity index is 587. The minimum absolute atomic E-state index is 0.0493. The highest BCUT2D eigenvalue weighted by Crippen LogP contribution is 2.08. The fourth-order valence-corrected chi connectivity index (χ4v) is 4.38. The molecule has 1 aliphatic heterocycles. The summed E-state index contributed by atoms with van der Waals surface area (Å²) in [6.45, 7) is 3.59. The molecule has 0 unspecified atom stereocenters. The monoisotopic (exact) mass is 359 g/mol. The predicted octanol–water partition coefficient (Wildman–Crippen LogP) is 0.369. The zero-order valence-electron chi connectivity index (χ0n) is 13.8. The van der Waals surface area contributed by atoms with Crippen molar-refractivity contribution in [3.05, 3.63) is 22.4 Å². The van der Waals surface area contributed by atoms with Crippen LogP contribution in [0.1, 0.15) is 5.56 Å². The molecule has 1 aliphatic rings. The number of hydrogen-bond acceptors (Lipinski definition) is 6. The molecule has 130 valence electrons. The second-order valence-electron chi connectivity index (χ2n) is 6.11. The maximum absolute atomic E-state index is 12.2. The van der Waals surface area contributed by atoms with E-state index in [1.807, 2.05) is 11.9 Å². The average Bonchev–Trinajstić information content (AvgIpc) is 2.99. The number of carbonyl (C=O) groups excluding carboxylic acids is 1. The molecule has 0 bridgehead atoms. The van der Waals surface area contributed by atoms with Gasteiger partial charge in [-0.3, -0.25) is 9.69 Å². The number of thiophene rings is 1. The summed E-state index contributed by atoms with van der Waals surface area (Å²) >= 11 is 1.69. The van der Waals surface area contributed by atoms with E-state index in [2.05, 4.69) is 21.7 Å². The highest BCUT2D eigenvalue weighted by molar-refractivity contribution is 7.91. The smallest absolute Gasteiger partial charge is 0.236 e. The van der Waals surface area contributed by atoms with Crippen molar-refractivity contribution in [2.45, 2.75) is 6.54 Å². The number of hydrogen-bond donors (Lipinski definition) is 0. The van der Waals surface area contributed by atoms with Crippen LogP contribution in [-0.2, 0) is 21.2 Å². The highest BCUT2D eigenvalue weighted by atomic mass is 32.2. The van der Waals surface area contributed by atoms with Crippen LogP contribution in [0.4, 0.5) is 0 Å². The summed E-state index contributed by atoms with van der Waals surface area (Å²) in [5.74, 6) is 0.369. The highest BCUT2D eigenvalue weighted by Gasteiger charge is 2.23. The lowest BCUT2D eigenvalue weighted by molar-refractivity contribution is -0.131. The fraction of sp³-hybridized carbons (Fsp3) is 0.667. The molecule has 8 heteroatoms. The van der Waals surface area contributed by atoms with Crippen LogP contribution in [0.5, 0.6) is 0 Å². The second kappa shape index (κ2) is 8.23. The summed E-state index contributed by atoms with van der Waals surface area (Å²) in [5.41, 5.74) is 1.29. The number of nitrogens with zero attached hydrogens (tertiary/aromatic N) is 3. The van der Waals surface area contributed by atoms with Crippen LogP contribution < -0.4 is 0 Å².